The van der Waals surface area contributed by atoms with Crippen LogP contribution in [0.25, 0.3) is 0 Å². The molecule has 0 radical (unpaired) electrons. The molecule has 0 saturated carbocycles. The van der Waals surface area contributed by atoms with Crippen LogP contribution < -0.4 is 10.2 Å². The summed E-state index contributed by atoms with van der Waals surface area (Å²) in [6.45, 7) is 0.851. The first-order valence-electron chi connectivity index (χ1n) is 8.74. The molecule has 1 saturated heterocycles. The Morgan fingerprint density at radius 2 is 1.97 bits per heavy atom. The summed E-state index contributed by atoms with van der Waals surface area (Å²) in [7, 11) is -2.22. The number of hydrogen-bond donors (Lipinski definition) is 1. The van der Waals surface area contributed by atoms with Gasteiger partial charge in [0.15, 0.2) is 0 Å². The molecule has 0 atom stereocenters. The Morgan fingerprint density at radius 3 is 2.62 bits per heavy atom. The van der Waals surface area contributed by atoms with Gasteiger partial charge in [-0.3, -0.25) is 15.5 Å². The van der Waals surface area contributed by atoms with Crippen LogP contribution in [0.5, 0.6) is 5.75 Å². The zero-order chi connectivity index (χ0) is 21.0. The van der Waals surface area contributed by atoms with E-state index in [1.54, 1.807) is 12.1 Å². The van der Waals surface area contributed by atoms with Gasteiger partial charge in [-0.25, -0.2) is 8.42 Å². The highest BCUT2D eigenvalue weighted by atomic mass is 79.9. The molecule has 3 rings (SSSR count). The summed E-state index contributed by atoms with van der Waals surface area (Å²) in [6, 6.07) is 9.10. The molecule has 154 valence electrons. The molecule has 11 heteroatoms. The minimum absolute atomic E-state index is 0.0839. The van der Waals surface area contributed by atoms with E-state index >= 15 is 0 Å². The lowest BCUT2D eigenvalue weighted by atomic mass is 10.2. The third kappa shape index (κ3) is 4.74. The SMILES string of the molecule is COc1ccc(Br)cc1C=NNc1ccc(S(=O)(=O)N2CCCC2)cc1[N+](=O)[O-]. The Kier molecular flexibility index (Phi) is 6.50. The Morgan fingerprint density at radius 1 is 1.24 bits per heavy atom. The smallest absolute Gasteiger partial charge is 0.295 e. The number of halogens is 1. The van der Waals surface area contributed by atoms with Crippen LogP contribution in [0.1, 0.15) is 18.4 Å². The molecule has 0 amide bonds. The van der Waals surface area contributed by atoms with Crippen molar-refractivity contribution in [1.82, 2.24) is 4.31 Å². The van der Waals surface area contributed by atoms with Gasteiger partial charge in [-0.2, -0.15) is 9.41 Å². The summed E-state index contributed by atoms with van der Waals surface area (Å²) < 4.78 is 32.7. The van der Waals surface area contributed by atoms with E-state index < -0.39 is 14.9 Å². The number of nitrogens with one attached hydrogen (secondary N) is 1. The standard InChI is InChI=1S/C18H19BrN4O5S/c1-28-18-7-4-14(19)10-13(18)12-20-21-16-6-5-15(11-17(16)23(24)25)29(26,27)22-8-2-3-9-22/h4-7,10-12,21H,2-3,8-9H2,1H3. The molecule has 1 N–H and O–H groups in total. The van der Waals surface area contributed by atoms with Crippen LogP contribution in [0.3, 0.4) is 0 Å². The second-order valence-electron chi connectivity index (χ2n) is 6.30. The maximum absolute atomic E-state index is 12.7. The molecular weight excluding hydrogens is 464 g/mol. The van der Waals surface area contributed by atoms with Crippen LogP contribution in [0, 0.1) is 10.1 Å². The average Bonchev–Trinajstić information content (AvgIpc) is 3.24. The van der Waals surface area contributed by atoms with Crippen molar-refractivity contribution in [2.45, 2.75) is 17.7 Å². The average molecular weight is 483 g/mol. The van der Waals surface area contributed by atoms with E-state index in [4.69, 9.17) is 4.74 Å². The summed E-state index contributed by atoms with van der Waals surface area (Å²) in [5, 5.41) is 15.5. The summed E-state index contributed by atoms with van der Waals surface area (Å²) in [5.41, 5.74) is 2.98. The maximum atomic E-state index is 12.7. The molecule has 1 aliphatic heterocycles. The zero-order valence-electron chi connectivity index (χ0n) is 15.5. The predicted molar refractivity (Wildman–Crippen MR) is 113 cm³/mol. The van der Waals surface area contributed by atoms with Crippen molar-refractivity contribution < 1.29 is 18.1 Å². The summed E-state index contributed by atoms with van der Waals surface area (Å²) in [4.78, 5) is 10.7. The van der Waals surface area contributed by atoms with Gasteiger partial charge < -0.3 is 4.74 Å². The lowest BCUT2D eigenvalue weighted by Gasteiger charge is -2.15. The van der Waals surface area contributed by atoms with E-state index in [0.717, 1.165) is 23.4 Å². The molecule has 2 aromatic carbocycles. The summed E-state index contributed by atoms with van der Waals surface area (Å²) in [6.07, 6.45) is 3.03. The second-order valence-corrected chi connectivity index (χ2v) is 9.16. The highest BCUT2D eigenvalue weighted by Gasteiger charge is 2.29. The molecular formula is C18H19BrN4O5S. The van der Waals surface area contributed by atoms with Crippen molar-refractivity contribution in [1.29, 1.82) is 0 Å². The quantitative estimate of drug-likeness (QED) is 0.366. The fraction of sp³-hybridized carbons (Fsp3) is 0.278. The number of sulfonamides is 1. The molecule has 1 heterocycles. The van der Waals surface area contributed by atoms with Gasteiger partial charge in [0.25, 0.3) is 5.69 Å². The molecule has 0 bridgehead atoms. The molecule has 0 unspecified atom stereocenters. The molecule has 1 aliphatic rings. The molecule has 2 aromatic rings. The number of benzene rings is 2. The van der Waals surface area contributed by atoms with E-state index in [0.29, 0.717) is 24.4 Å². The lowest BCUT2D eigenvalue weighted by molar-refractivity contribution is -0.384. The predicted octanol–water partition coefficient (Wildman–Crippen LogP) is 3.60. The Labute approximate surface area is 176 Å². The van der Waals surface area contributed by atoms with E-state index in [2.05, 4.69) is 26.5 Å². The Bertz CT molecular complexity index is 1050. The van der Waals surface area contributed by atoms with Crippen LogP contribution in [-0.4, -0.2) is 44.1 Å². The monoisotopic (exact) mass is 482 g/mol. The fourth-order valence-electron chi connectivity index (χ4n) is 2.97. The van der Waals surface area contributed by atoms with E-state index in [9.17, 15) is 18.5 Å². The third-order valence-corrected chi connectivity index (χ3v) is 6.84. The van der Waals surface area contributed by atoms with E-state index in [1.165, 1.54) is 29.8 Å². The van der Waals surface area contributed by atoms with Gasteiger partial charge >= 0.3 is 0 Å². The first kappa shape index (κ1) is 21.2. The number of rotatable bonds is 7. The maximum Gasteiger partial charge on any atom is 0.295 e. The summed E-state index contributed by atoms with van der Waals surface area (Å²) in [5.74, 6) is 0.584. The molecule has 1 fully saturated rings. The van der Waals surface area contributed by atoms with Crippen LogP contribution in [-0.2, 0) is 10.0 Å². The van der Waals surface area contributed by atoms with Crippen molar-refractivity contribution >= 4 is 43.5 Å². The molecule has 0 aromatic heterocycles. The molecule has 9 nitrogen and oxygen atoms in total. The second kappa shape index (κ2) is 8.89. The van der Waals surface area contributed by atoms with Crippen LogP contribution in [0.2, 0.25) is 0 Å². The van der Waals surface area contributed by atoms with Crippen molar-refractivity contribution in [3.8, 4) is 5.75 Å². The van der Waals surface area contributed by atoms with Gasteiger partial charge in [-0.1, -0.05) is 15.9 Å². The molecule has 0 aliphatic carbocycles. The van der Waals surface area contributed by atoms with E-state index in [-0.39, 0.29) is 16.3 Å². The molecule has 29 heavy (non-hydrogen) atoms. The van der Waals surface area contributed by atoms with Crippen molar-refractivity contribution in [3.63, 3.8) is 0 Å². The minimum Gasteiger partial charge on any atom is -0.496 e. The van der Waals surface area contributed by atoms with Crippen molar-refractivity contribution in [2.24, 2.45) is 5.10 Å². The number of methoxy groups -OCH3 is 1. The summed E-state index contributed by atoms with van der Waals surface area (Å²) >= 11 is 3.36. The van der Waals surface area contributed by atoms with Gasteiger partial charge in [0.1, 0.15) is 11.4 Å². The number of ether oxygens (including phenoxy) is 1. The fourth-order valence-corrected chi connectivity index (χ4v) is 4.89. The largest absolute Gasteiger partial charge is 0.496 e. The topological polar surface area (TPSA) is 114 Å². The van der Waals surface area contributed by atoms with Gasteiger partial charge in [-0.15, -0.1) is 0 Å². The number of anilines is 1. The van der Waals surface area contributed by atoms with E-state index in [1.807, 2.05) is 6.07 Å². The number of hydrogen-bond acceptors (Lipinski definition) is 7. The lowest BCUT2D eigenvalue weighted by Crippen LogP contribution is -2.27. The van der Waals surface area contributed by atoms with Gasteiger partial charge in [0.05, 0.1) is 23.1 Å². The highest BCUT2D eigenvalue weighted by molar-refractivity contribution is 9.10. The Hall–Kier alpha value is -2.50. The van der Waals surface area contributed by atoms with Crippen LogP contribution in [0.4, 0.5) is 11.4 Å². The first-order chi connectivity index (χ1) is 13.8. The highest BCUT2D eigenvalue weighted by Crippen LogP contribution is 2.30. The van der Waals surface area contributed by atoms with Gasteiger partial charge in [0.2, 0.25) is 10.0 Å². The van der Waals surface area contributed by atoms with Crippen molar-refractivity contribution in [3.05, 3.63) is 56.5 Å². The van der Waals surface area contributed by atoms with Gasteiger partial charge in [-0.05, 0) is 43.2 Å². The molecule has 0 spiro atoms. The number of nitro benzene ring substituents is 1. The normalized spacial score (nSPS) is 15.0. The van der Waals surface area contributed by atoms with Crippen LogP contribution >= 0.6 is 15.9 Å². The minimum atomic E-state index is -3.75. The third-order valence-electron chi connectivity index (χ3n) is 4.45. The Balaban J connectivity index is 1.87. The number of hydrazone groups is 1. The number of nitrogens with zero attached hydrogens (tertiary/aromatic N) is 3. The van der Waals surface area contributed by atoms with Gasteiger partial charge in [0, 0.05) is 29.2 Å². The first-order valence-corrected chi connectivity index (χ1v) is 11.0. The number of nitro groups is 1. The van der Waals surface area contributed by atoms with Crippen LogP contribution in [0.15, 0.2) is 50.9 Å². The zero-order valence-corrected chi connectivity index (χ0v) is 17.9. The van der Waals surface area contributed by atoms with Crippen molar-refractivity contribution in [2.75, 3.05) is 25.6 Å².